The average molecular weight is 232 g/mol. The van der Waals surface area contributed by atoms with Crippen molar-refractivity contribution in [3.8, 4) is 0 Å². The van der Waals surface area contributed by atoms with E-state index >= 15 is 0 Å². The number of carbonyl (C=O) groups is 1. The topological polar surface area (TPSA) is 70.4 Å². The lowest BCUT2D eigenvalue weighted by Gasteiger charge is -2.21. The second-order valence-corrected chi connectivity index (χ2v) is 4.82. The number of amides is 2. The van der Waals surface area contributed by atoms with E-state index in [0.717, 1.165) is 25.2 Å². The minimum atomic E-state index is -0.0955. The summed E-state index contributed by atoms with van der Waals surface area (Å²) in [5, 5.41) is 6.37. The smallest absolute Gasteiger partial charge is 0.322 e. The van der Waals surface area contributed by atoms with Crippen LogP contribution in [-0.2, 0) is 0 Å². The van der Waals surface area contributed by atoms with E-state index in [1.165, 1.54) is 0 Å². The molecule has 1 atom stereocenters. The molecule has 0 radical (unpaired) electrons. The van der Waals surface area contributed by atoms with E-state index in [1.54, 1.807) is 4.90 Å². The van der Waals surface area contributed by atoms with Crippen LogP contribution in [0.2, 0.25) is 0 Å². The molecule has 0 aliphatic carbocycles. The summed E-state index contributed by atoms with van der Waals surface area (Å²) in [6, 6.07) is 7.41. The second-order valence-electron chi connectivity index (χ2n) is 4.82. The Morgan fingerprint density at radius 1 is 1.41 bits per heavy atom. The summed E-state index contributed by atoms with van der Waals surface area (Å²) in [5.74, 6) is 0. The first kappa shape index (κ1) is 10.4. The van der Waals surface area contributed by atoms with Gasteiger partial charge in [-0.15, -0.1) is 0 Å². The number of anilines is 2. The van der Waals surface area contributed by atoms with Gasteiger partial charge in [-0.3, -0.25) is 4.90 Å². The van der Waals surface area contributed by atoms with Crippen LogP contribution in [0.1, 0.15) is 6.42 Å². The molecule has 0 bridgehead atoms. The number of carbonyl (C=O) groups excluding carboxylic acids is 1. The Morgan fingerprint density at radius 3 is 3.00 bits per heavy atom. The van der Waals surface area contributed by atoms with Gasteiger partial charge in [-0.1, -0.05) is 6.07 Å². The van der Waals surface area contributed by atoms with E-state index in [9.17, 15) is 4.79 Å². The molecular weight excluding hydrogens is 216 g/mol. The largest absolute Gasteiger partial charge is 0.399 e. The fourth-order valence-corrected chi connectivity index (χ4v) is 2.59. The highest BCUT2D eigenvalue weighted by molar-refractivity contribution is 5.95. The van der Waals surface area contributed by atoms with E-state index < -0.39 is 0 Å². The van der Waals surface area contributed by atoms with Gasteiger partial charge in [0.15, 0.2) is 0 Å². The number of nitrogens with two attached hydrogens (primary N) is 1. The molecule has 2 aliphatic heterocycles. The molecule has 5 nitrogen and oxygen atoms in total. The summed E-state index contributed by atoms with van der Waals surface area (Å²) >= 11 is 0. The van der Waals surface area contributed by atoms with Crippen LogP contribution < -0.4 is 21.3 Å². The third kappa shape index (κ3) is 1.72. The number of rotatable bonds is 1. The second kappa shape index (κ2) is 3.63. The molecule has 2 amide bonds. The van der Waals surface area contributed by atoms with Gasteiger partial charge >= 0.3 is 6.03 Å². The molecule has 2 aliphatic rings. The molecule has 0 saturated carbocycles. The molecule has 0 aromatic heterocycles. The van der Waals surface area contributed by atoms with Gasteiger partial charge in [0.05, 0.1) is 12.1 Å². The number of nitrogens with one attached hydrogen (secondary N) is 2. The highest BCUT2D eigenvalue weighted by Gasteiger charge is 2.44. The van der Waals surface area contributed by atoms with Crippen LogP contribution >= 0.6 is 0 Å². The van der Waals surface area contributed by atoms with Crippen molar-refractivity contribution < 1.29 is 4.79 Å². The number of nitrogens with zero attached hydrogens (tertiary/aromatic N) is 1. The van der Waals surface area contributed by atoms with Gasteiger partial charge in [-0.25, -0.2) is 4.79 Å². The summed E-state index contributed by atoms with van der Waals surface area (Å²) in [7, 11) is 0. The van der Waals surface area contributed by atoms with E-state index in [4.69, 9.17) is 5.73 Å². The predicted molar refractivity (Wildman–Crippen MR) is 66.9 cm³/mol. The Bertz CT molecular complexity index is 454. The van der Waals surface area contributed by atoms with Crippen LogP contribution in [0.25, 0.3) is 0 Å². The monoisotopic (exact) mass is 232 g/mol. The van der Waals surface area contributed by atoms with Gasteiger partial charge in [-0.05, 0) is 31.2 Å². The Balaban J connectivity index is 1.87. The van der Waals surface area contributed by atoms with Crippen molar-refractivity contribution in [3.63, 3.8) is 0 Å². The molecule has 90 valence electrons. The fourth-order valence-electron chi connectivity index (χ4n) is 2.59. The lowest BCUT2D eigenvalue weighted by molar-refractivity contribution is 0.248. The number of benzene rings is 1. The number of hydrogen-bond donors (Lipinski definition) is 3. The van der Waals surface area contributed by atoms with Crippen LogP contribution in [0.4, 0.5) is 16.2 Å². The number of urea groups is 1. The lowest BCUT2D eigenvalue weighted by Crippen LogP contribution is -2.45. The third-order valence-corrected chi connectivity index (χ3v) is 3.50. The zero-order valence-electron chi connectivity index (χ0n) is 9.57. The zero-order valence-corrected chi connectivity index (χ0v) is 9.57. The highest BCUT2D eigenvalue weighted by Crippen LogP contribution is 2.28. The van der Waals surface area contributed by atoms with Crippen molar-refractivity contribution in [3.05, 3.63) is 24.3 Å². The zero-order chi connectivity index (χ0) is 11.9. The summed E-state index contributed by atoms with van der Waals surface area (Å²) in [5.41, 5.74) is 7.20. The van der Waals surface area contributed by atoms with Gasteiger partial charge in [-0.2, -0.15) is 0 Å². The van der Waals surface area contributed by atoms with Gasteiger partial charge in [0, 0.05) is 17.9 Å². The lowest BCUT2D eigenvalue weighted by atomic mass is 10.0. The Morgan fingerprint density at radius 2 is 2.29 bits per heavy atom. The average Bonchev–Trinajstić information content (AvgIpc) is 2.87. The molecular formula is C12H16N4O. The maximum atomic E-state index is 12.0. The van der Waals surface area contributed by atoms with Crippen molar-refractivity contribution in [2.24, 2.45) is 0 Å². The summed E-state index contributed by atoms with van der Waals surface area (Å²) in [4.78, 5) is 13.8. The molecule has 1 aromatic rings. The summed E-state index contributed by atoms with van der Waals surface area (Å²) in [6.45, 7) is 2.52. The minimum Gasteiger partial charge on any atom is -0.399 e. The maximum Gasteiger partial charge on any atom is 0.322 e. The normalized spacial score (nSPS) is 27.8. The van der Waals surface area contributed by atoms with Gasteiger partial charge in [0.2, 0.25) is 0 Å². The molecule has 2 heterocycles. The third-order valence-electron chi connectivity index (χ3n) is 3.50. The molecule has 17 heavy (non-hydrogen) atoms. The van der Waals surface area contributed by atoms with Gasteiger partial charge in [0.1, 0.15) is 0 Å². The van der Waals surface area contributed by atoms with Gasteiger partial charge in [0.25, 0.3) is 0 Å². The van der Waals surface area contributed by atoms with Crippen molar-refractivity contribution in [2.45, 2.75) is 12.0 Å². The Labute approximate surface area is 100.0 Å². The molecule has 3 rings (SSSR count). The van der Waals surface area contributed by atoms with Crippen LogP contribution in [0.15, 0.2) is 24.3 Å². The number of nitrogen functional groups attached to an aromatic ring is 1. The van der Waals surface area contributed by atoms with Gasteiger partial charge < -0.3 is 16.4 Å². The Hall–Kier alpha value is -1.75. The summed E-state index contributed by atoms with van der Waals surface area (Å²) in [6.07, 6.45) is 0.984. The van der Waals surface area contributed by atoms with E-state index in [1.807, 2.05) is 24.3 Å². The van der Waals surface area contributed by atoms with Crippen LogP contribution in [0.3, 0.4) is 0 Å². The quantitative estimate of drug-likeness (QED) is 0.619. The molecule has 1 aromatic carbocycles. The molecule has 4 N–H and O–H groups in total. The van der Waals surface area contributed by atoms with Crippen molar-refractivity contribution >= 4 is 17.4 Å². The molecule has 5 heteroatoms. The van der Waals surface area contributed by atoms with Crippen molar-refractivity contribution in [1.82, 2.24) is 10.6 Å². The molecule has 2 saturated heterocycles. The maximum absolute atomic E-state index is 12.0. The first-order chi connectivity index (χ1) is 8.19. The van der Waals surface area contributed by atoms with E-state index in [0.29, 0.717) is 12.2 Å². The van der Waals surface area contributed by atoms with Crippen LogP contribution in [0.5, 0.6) is 0 Å². The molecule has 2 fully saturated rings. The SMILES string of the molecule is Nc1cccc(N2CC3(CCNC3)NC2=O)c1. The minimum absolute atomic E-state index is 0.0284. The van der Waals surface area contributed by atoms with Crippen LogP contribution in [0, 0.1) is 0 Å². The molecule has 1 unspecified atom stereocenters. The van der Waals surface area contributed by atoms with E-state index in [-0.39, 0.29) is 11.6 Å². The standard InChI is InChI=1S/C12H16N4O/c13-9-2-1-3-10(6-9)16-8-12(15-11(16)17)4-5-14-7-12/h1-3,6,14H,4-5,7-8,13H2,(H,15,17). The predicted octanol–water partition coefficient (Wildman–Crippen LogP) is 0.531. The Kier molecular flexibility index (Phi) is 2.22. The molecule has 1 spiro atoms. The first-order valence-corrected chi connectivity index (χ1v) is 5.85. The van der Waals surface area contributed by atoms with Crippen molar-refractivity contribution in [1.29, 1.82) is 0 Å². The van der Waals surface area contributed by atoms with Crippen LogP contribution in [-0.4, -0.2) is 31.2 Å². The highest BCUT2D eigenvalue weighted by atomic mass is 16.2. The fraction of sp³-hybridized carbons (Fsp3) is 0.417. The van der Waals surface area contributed by atoms with Crippen molar-refractivity contribution in [2.75, 3.05) is 30.3 Å². The summed E-state index contributed by atoms with van der Waals surface area (Å²) < 4.78 is 0. The number of hydrogen-bond acceptors (Lipinski definition) is 3. The van der Waals surface area contributed by atoms with E-state index in [2.05, 4.69) is 10.6 Å². The first-order valence-electron chi connectivity index (χ1n) is 5.85.